The number of hydrogen-bond acceptors (Lipinski definition) is 2. The van der Waals surface area contributed by atoms with Crippen LogP contribution in [0.2, 0.25) is 0 Å². The highest BCUT2D eigenvalue weighted by Crippen LogP contribution is 2.22. The van der Waals surface area contributed by atoms with E-state index in [0.29, 0.717) is 11.1 Å². The maximum absolute atomic E-state index is 11.1. The lowest BCUT2D eigenvalue weighted by atomic mass is 9.94. The van der Waals surface area contributed by atoms with E-state index in [0.717, 1.165) is 5.56 Å². The molecule has 0 radical (unpaired) electrons. The fourth-order valence-corrected chi connectivity index (χ4v) is 1.54. The normalized spacial score (nSPS) is 9.93. The fraction of sp³-hybridized carbons (Fsp3) is 0.273. The van der Waals surface area contributed by atoms with Gasteiger partial charge in [-0.05, 0) is 17.5 Å². The van der Waals surface area contributed by atoms with Crippen LogP contribution in [0.4, 0.5) is 0 Å². The first-order valence-corrected chi connectivity index (χ1v) is 4.79. The number of rotatable bonds is 2. The average molecular weight is 205 g/mol. The lowest BCUT2D eigenvalue weighted by Crippen LogP contribution is -2.00. The zero-order valence-corrected chi connectivity index (χ0v) is 9.01. The van der Waals surface area contributed by atoms with Crippen molar-refractivity contribution >= 4 is 17.7 Å². The number of nitrogens with zero attached hydrogens (tertiary/aromatic N) is 1. The molecule has 0 aliphatic heterocycles. The summed E-state index contributed by atoms with van der Waals surface area (Å²) in [5.74, 6) is 0.234. The molecule has 0 saturated heterocycles. The molecule has 0 unspecified atom stereocenters. The Morgan fingerprint density at radius 3 is 2.57 bits per heavy atom. The molecule has 1 rings (SSSR count). The molecule has 2 nitrogen and oxygen atoms in total. The smallest absolute Gasteiger partial charge is 0.217 e. The van der Waals surface area contributed by atoms with Crippen LogP contribution in [0.25, 0.3) is 0 Å². The molecule has 1 aromatic carbocycles. The summed E-state index contributed by atoms with van der Waals surface area (Å²) in [6.07, 6.45) is 0. The predicted molar refractivity (Wildman–Crippen MR) is 58.6 cm³/mol. The maximum Gasteiger partial charge on any atom is 0.217 e. The van der Waals surface area contributed by atoms with Gasteiger partial charge in [-0.2, -0.15) is 5.26 Å². The number of nitriles is 1. The van der Waals surface area contributed by atoms with Crippen LogP contribution >= 0.6 is 12.6 Å². The van der Waals surface area contributed by atoms with Gasteiger partial charge in [-0.15, -0.1) is 12.6 Å². The number of carbonyl (C=O) groups is 1. The summed E-state index contributed by atoms with van der Waals surface area (Å²) in [7, 11) is 0. The van der Waals surface area contributed by atoms with Crippen LogP contribution in [-0.4, -0.2) is 5.12 Å². The largest absolute Gasteiger partial charge is 0.282 e. The minimum absolute atomic E-state index is 0.234. The van der Waals surface area contributed by atoms with Crippen molar-refractivity contribution in [2.75, 3.05) is 0 Å². The van der Waals surface area contributed by atoms with E-state index in [9.17, 15) is 4.79 Å². The van der Waals surface area contributed by atoms with E-state index in [-0.39, 0.29) is 11.0 Å². The van der Waals surface area contributed by atoms with E-state index >= 15 is 0 Å². The zero-order chi connectivity index (χ0) is 10.7. The molecule has 72 valence electrons. The molecule has 0 bridgehead atoms. The Labute approximate surface area is 89.0 Å². The molecule has 0 fully saturated rings. The molecule has 0 amide bonds. The van der Waals surface area contributed by atoms with Crippen LogP contribution in [0.3, 0.4) is 0 Å². The molecule has 0 spiro atoms. The van der Waals surface area contributed by atoms with Crippen molar-refractivity contribution in [1.29, 1.82) is 5.26 Å². The Kier molecular flexibility index (Phi) is 3.32. The molecule has 0 aromatic heterocycles. The highest BCUT2D eigenvalue weighted by atomic mass is 32.1. The average Bonchev–Trinajstić information content (AvgIpc) is 2.16. The van der Waals surface area contributed by atoms with Gasteiger partial charge in [0.25, 0.3) is 0 Å². The molecule has 0 N–H and O–H groups in total. The summed E-state index contributed by atoms with van der Waals surface area (Å²) in [4.78, 5) is 11.1. The molecule has 0 heterocycles. The van der Waals surface area contributed by atoms with Gasteiger partial charge in [0, 0.05) is 5.56 Å². The van der Waals surface area contributed by atoms with Gasteiger partial charge in [-0.3, -0.25) is 4.79 Å². The van der Waals surface area contributed by atoms with Gasteiger partial charge in [-0.1, -0.05) is 26.0 Å². The number of hydrogen-bond donors (Lipinski definition) is 1. The molecule has 0 aliphatic rings. The van der Waals surface area contributed by atoms with Crippen LogP contribution < -0.4 is 0 Å². The Balaban J connectivity index is 3.42. The summed E-state index contributed by atoms with van der Waals surface area (Å²) in [5, 5.41) is 8.60. The molecular formula is C11H11NOS. The maximum atomic E-state index is 11.1. The van der Waals surface area contributed by atoms with E-state index in [1.807, 2.05) is 19.9 Å². The third-order valence-electron chi connectivity index (χ3n) is 2.06. The highest BCUT2D eigenvalue weighted by Gasteiger charge is 2.13. The van der Waals surface area contributed by atoms with Crippen molar-refractivity contribution in [3.63, 3.8) is 0 Å². The van der Waals surface area contributed by atoms with Crippen molar-refractivity contribution in [3.8, 4) is 6.07 Å². The van der Waals surface area contributed by atoms with E-state index in [1.54, 1.807) is 12.1 Å². The van der Waals surface area contributed by atoms with Gasteiger partial charge in [-0.25, -0.2) is 0 Å². The standard InChI is InChI=1S/C11H11NOS/c1-7(2)8-4-3-5-9(11(13)14)10(8)6-12/h3-5,7H,1-2H3,(H,13,14). The minimum Gasteiger partial charge on any atom is -0.282 e. The van der Waals surface area contributed by atoms with Gasteiger partial charge >= 0.3 is 0 Å². The Hall–Kier alpha value is -1.27. The van der Waals surface area contributed by atoms with Gasteiger partial charge in [0.2, 0.25) is 5.12 Å². The highest BCUT2D eigenvalue weighted by molar-refractivity contribution is 7.97. The topological polar surface area (TPSA) is 40.9 Å². The van der Waals surface area contributed by atoms with E-state index in [2.05, 4.69) is 18.7 Å². The van der Waals surface area contributed by atoms with Gasteiger partial charge < -0.3 is 0 Å². The molecule has 0 aliphatic carbocycles. The van der Waals surface area contributed by atoms with Crippen LogP contribution in [0, 0.1) is 11.3 Å². The van der Waals surface area contributed by atoms with E-state index < -0.39 is 0 Å². The first kappa shape index (κ1) is 10.8. The molecule has 0 atom stereocenters. The molecule has 0 saturated carbocycles. The lowest BCUT2D eigenvalue weighted by molar-refractivity contribution is 0.109. The Bertz CT molecular complexity index is 404. The van der Waals surface area contributed by atoms with Crippen molar-refractivity contribution in [3.05, 3.63) is 34.9 Å². The summed E-state index contributed by atoms with van der Waals surface area (Å²) in [6, 6.07) is 7.32. The van der Waals surface area contributed by atoms with Crippen molar-refractivity contribution in [2.45, 2.75) is 19.8 Å². The van der Waals surface area contributed by atoms with Gasteiger partial charge in [0.05, 0.1) is 5.56 Å². The Morgan fingerprint density at radius 1 is 1.50 bits per heavy atom. The zero-order valence-electron chi connectivity index (χ0n) is 8.11. The third-order valence-corrected chi connectivity index (χ3v) is 2.30. The summed E-state index contributed by atoms with van der Waals surface area (Å²) in [6.45, 7) is 3.98. The fourth-order valence-electron chi connectivity index (χ4n) is 1.35. The molecule has 3 heteroatoms. The van der Waals surface area contributed by atoms with E-state index in [4.69, 9.17) is 5.26 Å². The van der Waals surface area contributed by atoms with Gasteiger partial charge in [0.15, 0.2) is 0 Å². The first-order valence-electron chi connectivity index (χ1n) is 4.34. The summed E-state index contributed by atoms with van der Waals surface area (Å²) < 4.78 is 0. The summed E-state index contributed by atoms with van der Waals surface area (Å²) in [5.41, 5.74) is 1.73. The Morgan fingerprint density at radius 2 is 2.14 bits per heavy atom. The van der Waals surface area contributed by atoms with Crippen LogP contribution in [0.5, 0.6) is 0 Å². The second-order valence-corrected chi connectivity index (χ2v) is 3.75. The van der Waals surface area contributed by atoms with Crippen molar-refractivity contribution < 1.29 is 4.79 Å². The number of benzene rings is 1. The second-order valence-electron chi connectivity index (χ2n) is 3.34. The van der Waals surface area contributed by atoms with Crippen LogP contribution in [-0.2, 0) is 0 Å². The number of thiol groups is 1. The second kappa shape index (κ2) is 4.30. The van der Waals surface area contributed by atoms with Crippen LogP contribution in [0.15, 0.2) is 18.2 Å². The SMILES string of the molecule is CC(C)c1cccc(C(=O)S)c1C#N. The van der Waals surface area contributed by atoms with Crippen molar-refractivity contribution in [1.82, 2.24) is 0 Å². The third kappa shape index (κ3) is 1.97. The molecular weight excluding hydrogens is 194 g/mol. The van der Waals surface area contributed by atoms with Crippen molar-refractivity contribution in [2.24, 2.45) is 0 Å². The van der Waals surface area contributed by atoms with E-state index in [1.165, 1.54) is 0 Å². The van der Waals surface area contributed by atoms with Crippen LogP contribution in [0.1, 0.15) is 41.3 Å². The summed E-state index contributed by atoms with van der Waals surface area (Å²) >= 11 is 3.74. The quantitative estimate of drug-likeness (QED) is 0.754. The lowest BCUT2D eigenvalue weighted by Gasteiger charge is -2.09. The first-order chi connectivity index (χ1) is 6.57. The monoisotopic (exact) mass is 205 g/mol. The molecule has 14 heavy (non-hydrogen) atoms. The molecule has 1 aromatic rings. The predicted octanol–water partition coefficient (Wildman–Crippen LogP) is 2.75. The van der Waals surface area contributed by atoms with Gasteiger partial charge in [0.1, 0.15) is 6.07 Å². The number of carbonyl (C=O) groups excluding carboxylic acids is 1. The minimum atomic E-state index is -0.357.